The lowest BCUT2D eigenvalue weighted by Gasteiger charge is -2.70. The Morgan fingerprint density at radius 1 is 1.24 bits per heavy atom. The van der Waals surface area contributed by atoms with Crippen molar-refractivity contribution < 1.29 is 34.3 Å². The Balaban J connectivity index is 1.66. The molecule has 0 aromatic rings. The number of likely N-dealkylation sites (tertiary alicyclic amines) is 1. The van der Waals surface area contributed by atoms with Gasteiger partial charge in [-0.2, -0.15) is 0 Å². The highest BCUT2D eigenvalue weighted by atomic mass is 16.6. The molecule has 0 aromatic carbocycles. The van der Waals surface area contributed by atoms with Gasteiger partial charge in [-0.3, -0.25) is 9.69 Å². The van der Waals surface area contributed by atoms with Gasteiger partial charge >= 0.3 is 5.97 Å². The average molecular weight is 466 g/mol. The van der Waals surface area contributed by atoms with E-state index in [9.17, 15) is 20.1 Å². The number of ether oxygens (including phenoxy) is 3. The molecule has 1 spiro atoms. The number of aliphatic hydroxyl groups is 3. The maximum absolute atomic E-state index is 12.9. The van der Waals surface area contributed by atoms with E-state index in [4.69, 9.17) is 14.2 Å². The predicted molar refractivity (Wildman–Crippen MR) is 117 cm³/mol. The highest BCUT2D eigenvalue weighted by molar-refractivity contribution is 5.66. The van der Waals surface area contributed by atoms with Gasteiger partial charge in [0, 0.05) is 57.3 Å². The van der Waals surface area contributed by atoms with Crippen molar-refractivity contribution in [3.05, 3.63) is 0 Å². The molecule has 1 saturated heterocycles. The molecule has 1 heterocycles. The minimum Gasteiger partial charge on any atom is -0.462 e. The number of aliphatic hydroxyl groups excluding tert-OH is 2. The van der Waals surface area contributed by atoms with Crippen molar-refractivity contribution in [2.24, 2.45) is 34.5 Å². The molecule has 13 atom stereocenters. The molecular weight excluding hydrogens is 426 g/mol. The van der Waals surface area contributed by atoms with Crippen LogP contribution in [0.5, 0.6) is 0 Å². The van der Waals surface area contributed by atoms with Crippen LogP contribution in [0.3, 0.4) is 0 Å². The molecule has 6 aliphatic rings. The highest BCUT2D eigenvalue weighted by Gasteiger charge is 2.91. The molecule has 8 heteroatoms. The van der Waals surface area contributed by atoms with Gasteiger partial charge < -0.3 is 29.5 Å². The molecule has 6 rings (SSSR count). The quantitative estimate of drug-likeness (QED) is 0.517. The molecule has 0 aromatic heterocycles. The highest BCUT2D eigenvalue weighted by Crippen LogP contribution is 2.80. The van der Waals surface area contributed by atoms with E-state index in [0.717, 1.165) is 25.9 Å². The van der Waals surface area contributed by atoms with Crippen molar-refractivity contribution in [3.8, 4) is 0 Å². The minimum atomic E-state index is -1.61. The molecule has 7 bridgehead atoms. The fraction of sp³-hybridized carbons (Fsp3) is 0.960. The van der Waals surface area contributed by atoms with Gasteiger partial charge in [0.2, 0.25) is 0 Å². The van der Waals surface area contributed by atoms with Crippen molar-refractivity contribution in [3.63, 3.8) is 0 Å². The first kappa shape index (κ1) is 22.7. The smallest absolute Gasteiger partial charge is 0.302 e. The fourth-order valence-corrected chi connectivity index (χ4v) is 10.8. The number of fused-ring (bicyclic) bond motifs is 2. The number of piperidine rings is 1. The van der Waals surface area contributed by atoms with Crippen molar-refractivity contribution in [2.75, 3.05) is 27.3 Å². The van der Waals surface area contributed by atoms with E-state index in [1.54, 1.807) is 14.2 Å². The van der Waals surface area contributed by atoms with Crippen molar-refractivity contribution in [2.45, 2.75) is 88.1 Å². The first-order chi connectivity index (χ1) is 15.6. The maximum atomic E-state index is 12.9. The van der Waals surface area contributed by atoms with Crippen LogP contribution in [0.2, 0.25) is 0 Å². The van der Waals surface area contributed by atoms with Gasteiger partial charge in [0.1, 0.15) is 17.3 Å². The summed E-state index contributed by atoms with van der Waals surface area (Å²) in [7, 11) is 3.26. The summed E-state index contributed by atoms with van der Waals surface area (Å²) in [6, 6.07) is -0.424. The molecule has 6 fully saturated rings. The van der Waals surface area contributed by atoms with E-state index in [1.165, 1.54) is 6.92 Å². The monoisotopic (exact) mass is 465 g/mol. The van der Waals surface area contributed by atoms with Crippen LogP contribution in [0.25, 0.3) is 0 Å². The van der Waals surface area contributed by atoms with E-state index in [2.05, 4.69) is 18.7 Å². The summed E-state index contributed by atoms with van der Waals surface area (Å²) < 4.78 is 18.2. The number of carbonyl (C=O) groups excluding carboxylic acids is 1. The molecule has 5 saturated carbocycles. The summed E-state index contributed by atoms with van der Waals surface area (Å²) in [6.07, 6.45) is 0.192. The third kappa shape index (κ3) is 2.16. The summed E-state index contributed by atoms with van der Waals surface area (Å²) in [6.45, 7) is 7.24. The van der Waals surface area contributed by atoms with Crippen LogP contribution in [0.4, 0.5) is 0 Å². The number of nitrogens with zero attached hydrogens (tertiary/aromatic N) is 1. The largest absolute Gasteiger partial charge is 0.462 e. The second kappa shape index (κ2) is 6.71. The van der Waals surface area contributed by atoms with Crippen molar-refractivity contribution in [1.82, 2.24) is 4.90 Å². The Kier molecular flexibility index (Phi) is 4.61. The molecule has 5 aliphatic carbocycles. The molecule has 1 aliphatic heterocycles. The van der Waals surface area contributed by atoms with Crippen LogP contribution in [-0.4, -0.2) is 95.2 Å². The molecule has 33 heavy (non-hydrogen) atoms. The second-order valence-corrected chi connectivity index (χ2v) is 12.1. The van der Waals surface area contributed by atoms with E-state index in [-0.39, 0.29) is 41.2 Å². The summed E-state index contributed by atoms with van der Waals surface area (Å²) in [5.41, 5.74) is -3.66. The molecule has 0 radical (unpaired) electrons. The molecule has 0 unspecified atom stereocenters. The third-order valence-corrected chi connectivity index (χ3v) is 11.4. The summed E-state index contributed by atoms with van der Waals surface area (Å²) in [5.74, 6) is -0.990. The van der Waals surface area contributed by atoms with Crippen LogP contribution in [0, 0.1) is 34.5 Å². The number of carbonyl (C=O) groups is 1. The summed E-state index contributed by atoms with van der Waals surface area (Å²) >= 11 is 0. The molecule has 3 N–H and O–H groups in total. The number of methoxy groups -OCH3 is 2. The van der Waals surface area contributed by atoms with Crippen molar-refractivity contribution in [1.29, 1.82) is 0 Å². The Bertz CT molecular complexity index is 870. The Hall–Kier alpha value is -0.770. The molecule has 0 amide bonds. The number of likely N-dealkylation sites (N-methyl/N-ethyl adjacent to an activating group) is 1. The lowest BCUT2D eigenvalue weighted by molar-refractivity contribution is -0.322. The summed E-state index contributed by atoms with van der Waals surface area (Å²) in [5, 5.41) is 36.8. The van der Waals surface area contributed by atoms with Crippen LogP contribution < -0.4 is 0 Å². The standard InChI is InChI=1S/C25H39NO7/c1-6-26-11-22(3)8-7-16(28)24-14-9-13-15(31-4)10-23(32-5,17(14)18(13)33-12(2)27)25(30,21(24)26)20(29)19(22)24/h13-21,28-30H,6-11H2,1-5H3/t13-,14-,15-,16-,17-,18-,19+,20+,21-,22-,23-,24-,25+/m1/s1. The maximum Gasteiger partial charge on any atom is 0.302 e. The third-order valence-electron chi connectivity index (χ3n) is 11.4. The lowest BCUT2D eigenvalue weighted by Crippen LogP contribution is -2.82. The molecule has 8 nitrogen and oxygen atoms in total. The van der Waals surface area contributed by atoms with Crippen LogP contribution in [0.1, 0.15) is 46.5 Å². The SMILES string of the molecule is CCN1C[C@@]2(C)CC[C@@H](O)[C@@]34[C@@H]5C[C@H]6[C@@H](OC(C)=O)[C@@H]5[C@](OC)(C[C@H]6OC)[C@@](O)([C@H]13)[C@@H](O)[C@@H]24. The van der Waals surface area contributed by atoms with E-state index < -0.39 is 41.0 Å². The first-order valence-corrected chi connectivity index (χ1v) is 12.7. The normalized spacial score (nSPS) is 60.7. The van der Waals surface area contributed by atoms with Crippen LogP contribution >= 0.6 is 0 Å². The molecule has 186 valence electrons. The zero-order valence-corrected chi connectivity index (χ0v) is 20.4. The van der Waals surface area contributed by atoms with Gasteiger partial charge in [0.25, 0.3) is 0 Å². The predicted octanol–water partition coefficient (Wildman–Crippen LogP) is 0.561. The van der Waals surface area contributed by atoms with Gasteiger partial charge in [-0.05, 0) is 37.1 Å². The van der Waals surface area contributed by atoms with Crippen LogP contribution in [-0.2, 0) is 19.0 Å². The lowest BCUT2D eigenvalue weighted by atomic mass is 9.43. The Morgan fingerprint density at radius 2 is 1.97 bits per heavy atom. The van der Waals surface area contributed by atoms with Crippen molar-refractivity contribution >= 4 is 5.97 Å². The van der Waals surface area contributed by atoms with Gasteiger partial charge in [-0.1, -0.05) is 13.8 Å². The van der Waals surface area contributed by atoms with Gasteiger partial charge in [-0.25, -0.2) is 0 Å². The molecular formula is C25H39NO7. The van der Waals surface area contributed by atoms with Gasteiger partial charge in [-0.15, -0.1) is 0 Å². The first-order valence-electron chi connectivity index (χ1n) is 12.7. The topological polar surface area (TPSA) is 109 Å². The fourth-order valence-electron chi connectivity index (χ4n) is 10.8. The van der Waals surface area contributed by atoms with Gasteiger partial charge in [0.05, 0.1) is 24.4 Å². The number of hydrogen-bond acceptors (Lipinski definition) is 8. The number of esters is 1. The van der Waals surface area contributed by atoms with E-state index in [1.807, 2.05) is 0 Å². The average Bonchev–Trinajstić information content (AvgIpc) is 3.14. The Morgan fingerprint density at radius 3 is 2.58 bits per heavy atom. The zero-order valence-electron chi connectivity index (χ0n) is 20.4. The number of rotatable bonds is 4. The zero-order chi connectivity index (χ0) is 23.7. The van der Waals surface area contributed by atoms with E-state index in [0.29, 0.717) is 12.8 Å². The second-order valence-electron chi connectivity index (χ2n) is 12.1. The minimum absolute atomic E-state index is 0.0252. The Labute approximate surface area is 195 Å². The van der Waals surface area contributed by atoms with Gasteiger partial charge in [0.15, 0.2) is 0 Å². The summed E-state index contributed by atoms with van der Waals surface area (Å²) in [4.78, 5) is 14.5. The van der Waals surface area contributed by atoms with Crippen LogP contribution in [0.15, 0.2) is 0 Å². The van der Waals surface area contributed by atoms with E-state index >= 15 is 0 Å². The number of hydrogen-bond donors (Lipinski definition) is 3.